The lowest BCUT2D eigenvalue weighted by atomic mass is 10.1. The molecule has 1 N–H and O–H groups in total. The maximum absolute atomic E-state index is 10.8. The summed E-state index contributed by atoms with van der Waals surface area (Å²) in [4.78, 5) is 23.3. The molecule has 1 aliphatic heterocycles. The number of imidazole rings is 1. The van der Waals surface area contributed by atoms with E-state index in [9.17, 15) is 9.90 Å². The van der Waals surface area contributed by atoms with Crippen LogP contribution in [0.2, 0.25) is 0 Å². The first-order valence-electron chi connectivity index (χ1n) is 7.07. The van der Waals surface area contributed by atoms with Crippen LogP contribution in [0, 0.1) is 6.92 Å². The Hall–Kier alpha value is -2.48. The van der Waals surface area contributed by atoms with Crippen LogP contribution in [-0.4, -0.2) is 44.7 Å². The molecule has 8 nitrogen and oxygen atoms in total. The Bertz CT molecular complexity index is 679. The van der Waals surface area contributed by atoms with Crippen LogP contribution in [0.15, 0.2) is 18.7 Å². The van der Waals surface area contributed by atoms with Crippen LogP contribution in [-0.2, 0) is 4.74 Å². The summed E-state index contributed by atoms with van der Waals surface area (Å²) in [5.41, 5.74) is 0.691. The molecule has 22 heavy (non-hydrogen) atoms. The van der Waals surface area contributed by atoms with Crippen LogP contribution in [0.1, 0.15) is 28.9 Å². The normalized spacial score (nSPS) is 15.7. The van der Waals surface area contributed by atoms with Gasteiger partial charge in [0.05, 0.1) is 5.97 Å². The van der Waals surface area contributed by atoms with Gasteiger partial charge >= 0.3 is 0 Å². The Morgan fingerprint density at radius 2 is 2.18 bits per heavy atom. The highest BCUT2D eigenvalue weighted by atomic mass is 16.5. The number of ether oxygens (including phenoxy) is 1. The highest BCUT2D eigenvalue weighted by Gasteiger charge is 2.15. The lowest BCUT2D eigenvalue weighted by Gasteiger charge is -2.23. The van der Waals surface area contributed by atoms with Crippen molar-refractivity contribution >= 4 is 11.9 Å². The number of hydrogen-bond acceptors (Lipinski definition) is 7. The van der Waals surface area contributed by atoms with Gasteiger partial charge in [-0.25, -0.2) is 9.97 Å². The molecule has 3 heterocycles. The van der Waals surface area contributed by atoms with E-state index in [0.717, 1.165) is 31.6 Å². The van der Waals surface area contributed by atoms with Crippen LogP contribution in [0.3, 0.4) is 0 Å². The van der Waals surface area contributed by atoms with Gasteiger partial charge in [-0.2, -0.15) is 4.98 Å². The summed E-state index contributed by atoms with van der Waals surface area (Å²) < 4.78 is 6.87. The SMILES string of the molecule is Cc1cnc(NC2CCOCC2)nc1-n1cnc(C(=O)[O-])c1. The lowest BCUT2D eigenvalue weighted by molar-refractivity contribution is -0.255. The molecule has 2 aromatic heterocycles. The number of carboxylic acid groups (broad SMARTS) is 1. The molecule has 116 valence electrons. The lowest BCUT2D eigenvalue weighted by Crippen LogP contribution is -2.28. The number of aromatic carboxylic acids is 1. The second-order valence-corrected chi connectivity index (χ2v) is 5.18. The zero-order valence-electron chi connectivity index (χ0n) is 12.2. The number of carbonyl (C=O) groups is 1. The fraction of sp³-hybridized carbons (Fsp3) is 0.429. The van der Waals surface area contributed by atoms with Gasteiger partial charge in [0.25, 0.3) is 0 Å². The molecule has 8 heteroatoms. The molecule has 0 saturated carbocycles. The number of anilines is 1. The molecule has 0 aliphatic carbocycles. The van der Waals surface area contributed by atoms with Gasteiger partial charge in [-0.1, -0.05) is 0 Å². The van der Waals surface area contributed by atoms with Gasteiger partial charge < -0.3 is 20.0 Å². The standard InChI is InChI=1S/C14H17N5O3/c1-9-6-15-14(17-10-2-4-22-5-3-10)18-12(9)19-7-11(13(20)21)16-8-19/h6-8,10H,2-5H2,1H3,(H,20,21)(H,15,17,18)/p-1. The van der Waals surface area contributed by atoms with Crippen LogP contribution in [0.25, 0.3) is 5.82 Å². The second-order valence-electron chi connectivity index (χ2n) is 5.18. The summed E-state index contributed by atoms with van der Waals surface area (Å²) in [5.74, 6) is -0.216. The molecule has 1 aliphatic rings. The molecule has 0 bridgehead atoms. The molecular weight excluding hydrogens is 286 g/mol. The number of aromatic nitrogens is 4. The zero-order valence-corrected chi connectivity index (χ0v) is 12.2. The van der Waals surface area contributed by atoms with Gasteiger partial charge in [0.2, 0.25) is 5.95 Å². The topological polar surface area (TPSA) is 105 Å². The van der Waals surface area contributed by atoms with Crippen molar-refractivity contribution in [1.29, 1.82) is 0 Å². The van der Waals surface area contributed by atoms with Crippen molar-refractivity contribution in [1.82, 2.24) is 19.5 Å². The highest BCUT2D eigenvalue weighted by Crippen LogP contribution is 2.16. The summed E-state index contributed by atoms with van der Waals surface area (Å²) in [6.45, 7) is 3.31. The summed E-state index contributed by atoms with van der Waals surface area (Å²) in [7, 11) is 0. The van der Waals surface area contributed by atoms with E-state index in [1.165, 1.54) is 12.5 Å². The van der Waals surface area contributed by atoms with Crippen molar-refractivity contribution < 1.29 is 14.6 Å². The van der Waals surface area contributed by atoms with Crippen molar-refractivity contribution in [3.8, 4) is 5.82 Å². The van der Waals surface area contributed by atoms with Crippen molar-refractivity contribution in [2.45, 2.75) is 25.8 Å². The predicted molar refractivity (Wildman–Crippen MR) is 75.7 cm³/mol. The molecule has 0 amide bonds. The number of aryl methyl sites for hydroxylation is 1. The first-order chi connectivity index (χ1) is 10.6. The third kappa shape index (κ3) is 3.06. The van der Waals surface area contributed by atoms with Crippen molar-refractivity contribution in [3.63, 3.8) is 0 Å². The third-order valence-electron chi connectivity index (χ3n) is 3.54. The van der Waals surface area contributed by atoms with E-state index in [2.05, 4.69) is 20.3 Å². The van der Waals surface area contributed by atoms with Crippen LogP contribution in [0.5, 0.6) is 0 Å². The minimum Gasteiger partial charge on any atom is -0.543 e. The van der Waals surface area contributed by atoms with Crippen LogP contribution < -0.4 is 10.4 Å². The first kappa shape index (κ1) is 14.5. The number of hydrogen-bond donors (Lipinski definition) is 1. The van der Waals surface area contributed by atoms with Gasteiger partial charge in [0.1, 0.15) is 17.8 Å². The average Bonchev–Trinajstić information content (AvgIpc) is 3.00. The Morgan fingerprint density at radius 3 is 2.86 bits per heavy atom. The van der Waals surface area contributed by atoms with E-state index < -0.39 is 5.97 Å². The summed E-state index contributed by atoms with van der Waals surface area (Å²) in [6, 6.07) is 0.283. The number of nitrogens with one attached hydrogen (secondary N) is 1. The van der Waals surface area contributed by atoms with Gasteiger partial charge in [-0.05, 0) is 19.8 Å². The molecule has 0 aromatic carbocycles. The van der Waals surface area contributed by atoms with E-state index in [-0.39, 0.29) is 11.7 Å². The number of carbonyl (C=O) groups excluding carboxylic acids is 1. The molecule has 1 fully saturated rings. The van der Waals surface area contributed by atoms with Crippen molar-refractivity contribution in [2.75, 3.05) is 18.5 Å². The largest absolute Gasteiger partial charge is 0.543 e. The minimum atomic E-state index is -1.31. The van der Waals surface area contributed by atoms with Crippen molar-refractivity contribution in [3.05, 3.63) is 30.0 Å². The van der Waals surface area contributed by atoms with E-state index in [1.54, 1.807) is 10.8 Å². The Balaban J connectivity index is 1.83. The fourth-order valence-corrected chi connectivity index (χ4v) is 2.33. The minimum absolute atomic E-state index is 0.128. The molecule has 3 rings (SSSR count). The number of nitrogens with zero attached hydrogens (tertiary/aromatic N) is 4. The number of rotatable bonds is 4. The monoisotopic (exact) mass is 302 g/mol. The molecule has 0 unspecified atom stereocenters. The van der Waals surface area contributed by atoms with E-state index in [0.29, 0.717) is 11.8 Å². The maximum atomic E-state index is 10.8. The summed E-state index contributed by atoms with van der Waals surface area (Å²) in [6.07, 6.45) is 6.29. The Labute approximate surface area is 127 Å². The van der Waals surface area contributed by atoms with E-state index in [4.69, 9.17) is 4.74 Å². The molecule has 0 atom stereocenters. The highest BCUT2D eigenvalue weighted by molar-refractivity contribution is 5.83. The average molecular weight is 302 g/mol. The van der Waals surface area contributed by atoms with Crippen LogP contribution in [0.4, 0.5) is 5.95 Å². The van der Waals surface area contributed by atoms with Crippen LogP contribution >= 0.6 is 0 Å². The predicted octanol–water partition coefficient (Wildman–Crippen LogP) is -0.0749. The van der Waals surface area contributed by atoms with Gasteiger partial charge in [0.15, 0.2) is 0 Å². The van der Waals surface area contributed by atoms with E-state index >= 15 is 0 Å². The maximum Gasteiger partial charge on any atom is 0.224 e. The Kier molecular flexibility index (Phi) is 4.01. The summed E-state index contributed by atoms with van der Waals surface area (Å²) >= 11 is 0. The molecule has 1 saturated heterocycles. The Morgan fingerprint density at radius 1 is 1.41 bits per heavy atom. The molecule has 0 radical (unpaired) electrons. The molecule has 0 spiro atoms. The smallest absolute Gasteiger partial charge is 0.224 e. The first-order valence-corrected chi connectivity index (χ1v) is 7.07. The van der Waals surface area contributed by atoms with E-state index in [1.807, 2.05) is 6.92 Å². The zero-order chi connectivity index (χ0) is 15.5. The van der Waals surface area contributed by atoms with Crippen molar-refractivity contribution in [2.24, 2.45) is 0 Å². The van der Waals surface area contributed by atoms with Gasteiger partial charge in [-0.3, -0.25) is 4.57 Å². The number of carboxylic acids is 1. The van der Waals surface area contributed by atoms with Gasteiger partial charge in [0, 0.05) is 37.2 Å². The fourth-order valence-electron chi connectivity index (χ4n) is 2.33. The third-order valence-corrected chi connectivity index (χ3v) is 3.54. The molecule has 2 aromatic rings. The second kappa shape index (κ2) is 6.10. The summed E-state index contributed by atoms with van der Waals surface area (Å²) in [5, 5.41) is 14.1. The van der Waals surface area contributed by atoms with Gasteiger partial charge in [-0.15, -0.1) is 0 Å². The quantitative estimate of drug-likeness (QED) is 0.842. The molecular formula is C14H16N5O3-.